The average molecular weight is 225 g/mol. The average Bonchev–Trinajstić information content (AvgIpc) is 2.37. The molecule has 0 aliphatic carbocycles. The van der Waals surface area contributed by atoms with Gasteiger partial charge in [0.15, 0.2) is 5.78 Å². The summed E-state index contributed by atoms with van der Waals surface area (Å²) in [4.78, 5) is 11.8. The molecule has 2 aromatic carbocycles. The molecule has 2 nitrogen and oxygen atoms in total. The van der Waals surface area contributed by atoms with Crippen LogP contribution in [-0.4, -0.2) is 12.3 Å². The molecule has 0 bridgehead atoms. The number of hydrogen-bond acceptors (Lipinski definition) is 2. The minimum Gasteiger partial charge on any atom is -0.378 e. The van der Waals surface area contributed by atoms with E-state index in [1.165, 1.54) is 5.56 Å². The van der Waals surface area contributed by atoms with E-state index in [4.69, 9.17) is 0 Å². The Kier molecular flexibility index (Phi) is 3.55. The number of ketones is 1. The predicted octanol–water partition coefficient (Wildman–Crippen LogP) is 3.29. The maximum Gasteiger partial charge on any atom is 0.181 e. The van der Waals surface area contributed by atoms with E-state index in [-0.39, 0.29) is 5.78 Å². The fourth-order valence-corrected chi connectivity index (χ4v) is 1.66. The van der Waals surface area contributed by atoms with Crippen LogP contribution in [-0.2, 0) is 0 Å². The fourth-order valence-electron chi connectivity index (χ4n) is 1.66. The number of anilines is 1. The van der Waals surface area contributed by atoms with Crippen LogP contribution in [0.2, 0.25) is 0 Å². The molecule has 2 heteroatoms. The molecule has 0 aromatic heterocycles. The molecule has 2 aromatic rings. The van der Waals surface area contributed by atoms with Gasteiger partial charge in [0.1, 0.15) is 0 Å². The van der Waals surface area contributed by atoms with Crippen molar-refractivity contribution >= 4 is 11.5 Å². The summed E-state index contributed by atoms with van der Waals surface area (Å²) in [5, 5.41) is 3.13. The normalized spacial score (nSPS) is 9.94. The smallest absolute Gasteiger partial charge is 0.181 e. The van der Waals surface area contributed by atoms with Crippen LogP contribution in [0, 0.1) is 6.92 Å². The summed E-state index contributed by atoms with van der Waals surface area (Å²) < 4.78 is 0. The highest BCUT2D eigenvalue weighted by Crippen LogP contribution is 2.09. The highest BCUT2D eigenvalue weighted by Gasteiger charge is 2.03. The number of Topliss-reactive ketones (excluding diaryl/α,β-unsaturated/α-hetero) is 1. The Bertz CT molecular complexity index is 505. The van der Waals surface area contributed by atoms with Crippen molar-refractivity contribution in [2.24, 2.45) is 0 Å². The zero-order chi connectivity index (χ0) is 12.1. The van der Waals surface area contributed by atoms with Gasteiger partial charge in [-0.3, -0.25) is 4.79 Å². The quantitative estimate of drug-likeness (QED) is 0.809. The lowest BCUT2D eigenvalue weighted by Crippen LogP contribution is -2.13. The molecule has 0 radical (unpaired) electrons. The topological polar surface area (TPSA) is 29.1 Å². The molecule has 0 unspecified atom stereocenters. The Morgan fingerprint density at radius 3 is 2.53 bits per heavy atom. The zero-order valence-corrected chi connectivity index (χ0v) is 9.81. The molecule has 0 saturated carbocycles. The van der Waals surface area contributed by atoms with Crippen LogP contribution >= 0.6 is 0 Å². The SMILES string of the molecule is Cc1cccc(NCC(=O)c2ccccc2)c1. The first-order chi connectivity index (χ1) is 8.25. The lowest BCUT2D eigenvalue weighted by molar-refractivity contribution is 0.101. The molecule has 0 fully saturated rings. The van der Waals surface area contributed by atoms with Crippen molar-refractivity contribution in [1.29, 1.82) is 0 Å². The zero-order valence-electron chi connectivity index (χ0n) is 9.81. The Balaban J connectivity index is 1.97. The molecule has 0 atom stereocenters. The summed E-state index contributed by atoms with van der Waals surface area (Å²) in [6.45, 7) is 2.36. The summed E-state index contributed by atoms with van der Waals surface area (Å²) >= 11 is 0. The number of benzene rings is 2. The van der Waals surface area contributed by atoms with E-state index >= 15 is 0 Å². The Labute approximate surface area is 101 Å². The minimum absolute atomic E-state index is 0.104. The first-order valence-corrected chi connectivity index (χ1v) is 5.64. The first-order valence-electron chi connectivity index (χ1n) is 5.64. The van der Waals surface area contributed by atoms with Gasteiger partial charge in [-0.2, -0.15) is 0 Å². The summed E-state index contributed by atoms with van der Waals surface area (Å²) in [6.07, 6.45) is 0. The standard InChI is InChI=1S/C15H15NO/c1-12-6-5-9-14(10-12)16-11-15(17)13-7-3-2-4-8-13/h2-10,16H,11H2,1H3. The lowest BCUT2D eigenvalue weighted by atomic mass is 10.1. The number of carbonyl (C=O) groups excluding carboxylic acids is 1. The van der Waals surface area contributed by atoms with Crippen LogP contribution in [0.4, 0.5) is 5.69 Å². The van der Waals surface area contributed by atoms with Crippen molar-refractivity contribution in [3.63, 3.8) is 0 Å². The largest absolute Gasteiger partial charge is 0.378 e. The second kappa shape index (κ2) is 5.30. The fraction of sp³-hybridized carbons (Fsp3) is 0.133. The van der Waals surface area contributed by atoms with Crippen LogP contribution in [0.25, 0.3) is 0 Å². The molecule has 0 aliphatic heterocycles. The molecule has 0 spiro atoms. The Morgan fingerprint density at radius 2 is 1.82 bits per heavy atom. The van der Waals surface area contributed by atoms with E-state index in [0.29, 0.717) is 6.54 Å². The molecule has 2 rings (SSSR count). The Hall–Kier alpha value is -2.09. The number of aryl methyl sites for hydroxylation is 1. The third-order valence-corrected chi connectivity index (χ3v) is 2.57. The van der Waals surface area contributed by atoms with Crippen molar-refractivity contribution in [3.05, 3.63) is 65.7 Å². The van der Waals surface area contributed by atoms with Crippen LogP contribution in [0.3, 0.4) is 0 Å². The summed E-state index contributed by atoms with van der Waals surface area (Å²) in [5.41, 5.74) is 2.91. The highest BCUT2D eigenvalue weighted by molar-refractivity contribution is 5.98. The molecule has 0 amide bonds. The van der Waals surface area contributed by atoms with E-state index in [2.05, 4.69) is 5.32 Å². The molecule has 0 saturated heterocycles. The van der Waals surface area contributed by atoms with Gasteiger partial charge in [0.05, 0.1) is 6.54 Å². The second-order valence-corrected chi connectivity index (χ2v) is 4.01. The second-order valence-electron chi connectivity index (χ2n) is 4.01. The first kappa shape index (κ1) is 11.4. The summed E-state index contributed by atoms with van der Waals surface area (Å²) in [6, 6.07) is 17.3. The van der Waals surface area contributed by atoms with E-state index in [1.807, 2.05) is 61.5 Å². The van der Waals surface area contributed by atoms with Gasteiger partial charge in [-0.15, -0.1) is 0 Å². The minimum atomic E-state index is 0.104. The van der Waals surface area contributed by atoms with Crippen LogP contribution < -0.4 is 5.32 Å². The van der Waals surface area contributed by atoms with Gasteiger partial charge in [-0.25, -0.2) is 0 Å². The van der Waals surface area contributed by atoms with Crippen LogP contribution in [0.5, 0.6) is 0 Å². The van der Waals surface area contributed by atoms with Gasteiger partial charge < -0.3 is 5.32 Å². The molecule has 86 valence electrons. The highest BCUT2D eigenvalue weighted by atomic mass is 16.1. The van der Waals surface area contributed by atoms with E-state index in [9.17, 15) is 4.79 Å². The monoisotopic (exact) mass is 225 g/mol. The van der Waals surface area contributed by atoms with Gasteiger partial charge in [0.25, 0.3) is 0 Å². The van der Waals surface area contributed by atoms with E-state index in [1.54, 1.807) is 0 Å². The van der Waals surface area contributed by atoms with Crippen molar-refractivity contribution in [2.75, 3.05) is 11.9 Å². The van der Waals surface area contributed by atoms with Gasteiger partial charge in [-0.1, -0.05) is 42.5 Å². The number of carbonyl (C=O) groups is 1. The predicted molar refractivity (Wildman–Crippen MR) is 70.4 cm³/mol. The Morgan fingerprint density at radius 1 is 1.06 bits per heavy atom. The van der Waals surface area contributed by atoms with Crippen molar-refractivity contribution in [3.8, 4) is 0 Å². The molecule has 1 N–H and O–H groups in total. The van der Waals surface area contributed by atoms with Gasteiger partial charge in [-0.05, 0) is 24.6 Å². The van der Waals surface area contributed by atoms with E-state index < -0.39 is 0 Å². The summed E-state index contributed by atoms with van der Waals surface area (Å²) in [5.74, 6) is 0.104. The third-order valence-electron chi connectivity index (χ3n) is 2.57. The lowest BCUT2D eigenvalue weighted by Gasteiger charge is -2.06. The number of rotatable bonds is 4. The van der Waals surface area contributed by atoms with Crippen molar-refractivity contribution in [2.45, 2.75) is 6.92 Å². The van der Waals surface area contributed by atoms with Crippen molar-refractivity contribution < 1.29 is 4.79 Å². The molecule has 0 aliphatic rings. The molecular weight excluding hydrogens is 210 g/mol. The molecule has 17 heavy (non-hydrogen) atoms. The maximum absolute atomic E-state index is 11.8. The molecular formula is C15H15NO. The third kappa shape index (κ3) is 3.18. The summed E-state index contributed by atoms with van der Waals surface area (Å²) in [7, 11) is 0. The maximum atomic E-state index is 11.8. The molecule has 0 heterocycles. The van der Waals surface area contributed by atoms with Gasteiger partial charge in [0.2, 0.25) is 0 Å². The van der Waals surface area contributed by atoms with Crippen molar-refractivity contribution in [1.82, 2.24) is 0 Å². The number of nitrogens with one attached hydrogen (secondary N) is 1. The van der Waals surface area contributed by atoms with E-state index in [0.717, 1.165) is 11.3 Å². The number of hydrogen-bond donors (Lipinski definition) is 1. The van der Waals surface area contributed by atoms with Crippen LogP contribution in [0.1, 0.15) is 15.9 Å². The van der Waals surface area contributed by atoms with Gasteiger partial charge >= 0.3 is 0 Å². The van der Waals surface area contributed by atoms with Gasteiger partial charge in [0, 0.05) is 11.3 Å². The van der Waals surface area contributed by atoms with Crippen LogP contribution in [0.15, 0.2) is 54.6 Å².